The molecule has 0 saturated carbocycles. The van der Waals surface area contributed by atoms with Crippen molar-refractivity contribution in [3.8, 4) is 11.5 Å². The lowest BCUT2D eigenvalue weighted by Crippen LogP contribution is -2.38. The van der Waals surface area contributed by atoms with Crippen molar-refractivity contribution in [2.45, 2.75) is 25.2 Å². The van der Waals surface area contributed by atoms with Crippen molar-refractivity contribution in [1.82, 2.24) is 0 Å². The summed E-state index contributed by atoms with van der Waals surface area (Å²) in [5.41, 5.74) is 7.00. The molecule has 0 heterocycles. The number of benzene rings is 2. The molecule has 122 valence electrons. The zero-order valence-electron chi connectivity index (χ0n) is 13.8. The van der Waals surface area contributed by atoms with Crippen LogP contribution < -0.4 is 15.2 Å². The number of carbonyl (C=O) groups excluding carboxylic acids is 1. The Bertz CT molecular complexity index is 670. The molecule has 0 saturated heterocycles. The van der Waals surface area contributed by atoms with Gasteiger partial charge in [-0.25, -0.2) is 0 Å². The molecule has 2 N–H and O–H groups in total. The minimum absolute atomic E-state index is 0.316. The van der Waals surface area contributed by atoms with E-state index >= 15 is 0 Å². The second-order valence-corrected chi connectivity index (χ2v) is 5.75. The maximum absolute atomic E-state index is 12.0. The standard InChI is InChI=1S/C19H23NO3/c1-19(18(20)21,15-7-5-4-6-8-15)12-11-14-9-10-16(22-2)17(13-14)23-3/h4-10,13H,11-12H2,1-3H3,(H2,20,21). The van der Waals surface area contributed by atoms with Crippen LogP contribution in [0.15, 0.2) is 48.5 Å². The number of carbonyl (C=O) groups is 1. The van der Waals surface area contributed by atoms with Crippen LogP contribution in [0.1, 0.15) is 24.5 Å². The van der Waals surface area contributed by atoms with Gasteiger partial charge < -0.3 is 15.2 Å². The van der Waals surface area contributed by atoms with E-state index in [1.165, 1.54) is 0 Å². The highest BCUT2D eigenvalue weighted by Gasteiger charge is 2.32. The highest BCUT2D eigenvalue weighted by molar-refractivity contribution is 5.86. The van der Waals surface area contributed by atoms with E-state index < -0.39 is 5.41 Å². The number of ether oxygens (including phenoxy) is 2. The molecule has 0 spiro atoms. The van der Waals surface area contributed by atoms with E-state index in [1.54, 1.807) is 14.2 Å². The average molecular weight is 313 g/mol. The van der Waals surface area contributed by atoms with Crippen molar-refractivity contribution in [1.29, 1.82) is 0 Å². The molecular formula is C19H23NO3. The first kappa shape index (κ1) is 16.9. The quantitative estimate of drug-likeness (QED) is 0.854. The van der Waals surface area contributed by atoms with Crippen molar-refractivity contribution in [3.05, 3.63) is 59.7 Å². The maximum atomic E-state index is 12.0. The van der Waals surface area contributed by atoms with Gasteiger partial charge in [0.25, 0.3) is 0 Å². The fourth-order valence-corrected chi connectivity index (χ4v) is 2.65. The fourth-order valence-electron chi connectivity index (χ4n) is 2.65. The molecule has 0 bridgehead atoms. The van der Waals surface area contributed by atoms with Gasteiger partial charge in [-0.1, -0.05) is 36.4 Å². The van der Waals surface area contributed by atoms with Crippen LogP contribution >= 0.6 is 0 Å². The average Bonchev–Trinajstić information content (AvgIpc) is 2.59. The molecule has 0 radical (unpaired) electrons. The molecule has 0 aliphatic carbocycles. The Morgan fingerprint density at radius 2 is 1.70 bits per heavy atom. The van der Waals surface area contributed by atoms with E-state index in [0.29, 0.717) is 24.3 Å². The van der Waals surface area contributed by atoms with Crippen LogP contribution in [0, 0.1) is 0 Å². The Balaban J connectivity index is 2.21. The Labute approximate surface area is 137 Å². The Kier molecular flexibility index (Phi) is 5.27. The lowest BCUT2D eigenvalue weighted by molar-refractivity contribution is -0.123. The summed E-state index contributed by atoms with van der Waals surface area (Å²) in [6.07, 6.45) is 1.34. The van der Waals surface area contributed by atoms with Crippen LogP contribution in [0.3, 0.4) is 0 Å². The predicted octanol–water partition coefficient (Wildman–Crippen LogP) is 3.08. The molecule has 2 aromatic carbocycles. The monoisotopic (exact) mass is 313 g/mol. The summed E-state index contributed by atoms with van der Waals surface area (Å²) in [6.45, 7) is 1.89. The van der Waals surface area contributed by atoms with Gasteiger partial charge in [0.1, 0.15) is 0 Å². The first-order chi connectivity index (χ1) is 11.0. The van der Waals surface area contributed by atoms with Gasteiger partial charge in [-0.05, 0) is 43.0 Å². The second kappa shape index (κ2) is 7.18. The van der Waals surface area contributed by atoms with Crippen LogP contribution in [-0.4, -0.2) is 20.1 Å². The largest absolute Gasteiger partial charge is 0.493 e. The lowest BCUT2D eigenvalue weighted by atomic mass is 9.77. The van der Waals surface area contributed by atoms with Crippen molar-refractivity contribution in [2.75, 3.05) is 14.2 Å². The number of amides is 1. The predicted molar refractivity (Wildman–Crippen MR) is 90.9 cm³/mol. The number of hydrogen-bond acceptors (Lipinski definition) is 3. The third kappa shape index (κ3) is 3.65. The van der Waals surface area contributed by atoms with Crippen molar-refractivity contribution in [3.63, 3.8) is 0 Å². The number of rotatable bonds is 7. The van der Waals surface area contributed by atoms with Crippen LogP contribution in [-0.2, 0) is 16.6 Å². The molecule has 1 unspecified atom stereocenters. The van der Waals surface area contributed by atoms with Gasteiger partial charge in [-0.2, -0.15) is 0 Å². The summed E-state index contributed by atoms with van der Waals surface area (Å²) in [6, 6.07) is 15.5. The second-order valence-electron chi connectivity index (χ2n) is 5.75. The van der Waals surface area contributed by atoms with Gasteiger partial charge in [0, 0.05) is 0 Å². The number of methoxy groups -OCH3 is 2. The molecule has 4 nitrogen and oxygen atoms in total. The molecule has 0 aliphatic heterocycles. The van der Waals surface area contributed by atoms with E-state index in [4.69, 9.17) is 15.2 Å². The van der Waals surface area contributed by atoms with Crippen LogP contribution in [0.5, 0.6) is 11.5 Å². The zero-order chi connectivity index (χ0) is 16.9. The molecule has 0 aliphatic rings. The Morgan fingerprint density at radius 3 is 2.26 bits per heavy atom. The third-order valence-electron chi connectivity index (χ3n) is 4.32. The number of primary amides is 1. The molecule has 0 aromatic heterocycles. The summed E-state index contributed by atoms with van der Waals surface area (Å²) in [5, 5.41) is 0. The van der Waals surface area contributed by atoms with Gasteiger partial charge in [0.15, 0.2) is 11.5 Å². The van der Waals surface area contributed by atoms with Crippen LogP contribution in [0.2, 0.25) is 0 Å². The summed E-state index contributed by atoms with van der Waals surface area (Å²) in [5.74, 6) is 1.06. The van der Waals surface area contributed by atoms with E-state index in [-0.39, 0.29) is 5.91 Å². The normalized spacial score (nSPS) is 13.2. The van der Waals surface area contributed by atoms with Crippen molar-refractivity contribution < 1.29 is 14.3 Å². The summed E-state index contributed by atoms with van der Waals surface area (Å²) in [4.78, 5) is 12.0. The first-order valence-electron chi connectivity index (χ1n) is 7.57. The van der Waals surface area contributed by atoms with Gasteiger partial charge in [-0.3, -0.25) is 4.79 Å². The molecule has 23 heavy (non-hydrogen) atoms. The Morgan fingerprint density at radius 1 is 1.04 bits per heavy atom. The van der Waals surface area contributed by atoms with Gasteiger partial charge in [0.2, 0.25) is 5.91 Å². The third-order valence-corrected chi connectivity index (χ3v) is 4.32. The fraction of sp³-hybridized carbons (Fsp3) is 0.316. The van der Waals surface area contributed by atoms with Gasteiger partial charge in [0.05, 0.1) is 19.6 Å². The smallest absolute Gasteiger partial charge is 0.227 e. The zero-order valence-corrected chi connectivity index (χ0v) is 13.8. The molecule has 2 aromatic rings. The van der Waals surface area contributed by atoms with Crippen molar-refractivity contribution in [2.24, 2.45) is 5.73 Å². The summed E-state index contributed by atoms with van der Waals surface area (Å²) < 4.78 is 10.6. The minimum Gasteiger partial charge on any atom is -0.493 e. The molecule has 4 heteroatoms. The summed E-state index contributed by atoms with van der Waals surface area (Å²) in [7, 11) is 3.22. The van der Waals surface area contributed by atoms with Crippen LogP contribution in [0.25, 0.3) is 0 Å². The molecular weight excluding hydrogens is 290 g/mol. The number of nitrogens with two attached hydrogens (primary N) is 1. The van der Waals surface area contributed by atoms with E-state index in [1.807, 2.05) is 55.5 Å². The van der Waals surface area contributed by atoms with Crippen LogP contribution in [0.4, 0.5) is 0 Å². The first-order valence-corrected chi connectivity index (χ1v) is 7.57. The maximum Gasteiger partial charge on any atom is 0.227 e. The van der Waals surface area contributed by atoms with Gasteiger partial charge in [-0.15, -0.1) is 0 Å². The molecule has 2 rings (SSSR count). The van der Waals surface area contributed by atoms with E-state index in [0.717, 1.165) is 11.1 Å². The molecule has 1 atom stereocenters. The summed E-state index contributed by atoms with van der Waals surface area (Å²) >= 11 is 0. The molecule has 1 amide bonds. The lowest BCUT2D eigenvalue weighted by Gasteiger charge is -2.26. The van der Waals surface area contributed by atoms with E-state index in [2.05, 4.69) is 0 Å². The minimum atomic E-state index is -0.700. The van der Waals surface area contributed by atoms with E-state index in [9.17, 15) is 4.79 Å². The number of aryl methyl sites for hydroxylation is 1. The SMILES string of the molecule is COc1ccc(CCC(C)(C(N)=O)c2ccccc2)cc1OC. The van der Waals surface area contributed by atoms with Gasteiger partial charge >= 0.3 is 0 Å². The highest BCUT2D eigenvalue weighted by Crippen LogP contribution is 2.32. The topological polar surface area (TPSA) is 61.5 Å². The highest BCUT2D eigenvalue weighted by atomic mass is 16.5. The molecule has 0 fully saturated rings. The Hall–Kier alpha value is -2.49. The number of hydrogen-bond donors (Lipinski definition) is 1. The van der Waals surface area contributed by atoms with Crippen molar-refractivity contribution >= 4 is 5.91 Å².